The van der Waals surface area contributed by atoms with Gasteiger partial charge in [0, 0.05) is 18.3 Å². The SMILES string of the molecule is CC1CN(c2ccccc2C(C)C)C(=O)C(CO)N1. The van der Waals surface area contributed by atoms with Crippen LogP contribution in [0.15, 0.2) is 24.3 Å². The Bertz CT molecular complexity index is 459. The van der Waals surface area contributed by atoms with E-state index in [2.05, 4.69) is 25.2 Å². The fourth-order valence-corrected chi connectivity index (χ4v) is 2.59. The topological polar surface area (TPSA) is 52.6 Å². The molecule has 19 heavy (non-hydrogen) atoms. The van der Waals surface area contributed by atoms with Gasteiger partial charge >= 0.3 is 0 Å². The van der Waals surface area contributed by atoms with Crippen molar-refractivity contribution >= 4 is 11.6 Å². The summed E-state index contributed by atoms with van der Waals surface area (Å²) in [6.07, 6.45) is 0. The summed E-state index contributed by atoms with van der Waals surface area (Å²) < 4.78 is 0. The maximum Gasteiger partial charge on any atom is 0.246 e. The first-order valence-corrected chi connectivity index (χ1v) is 6.81. The van der Waals surface area contributed by atoms with E-state index in [1.165, 1.54) is 5.56 Å². The minimum absolute atomic E-state index is 0.0475. The van der Waals surface area contributed by atoms with Crippen molar-refractivity contribution in [3.8, 4) is 0 Å². The maximum absolute atomic E-state index is 12.4. The lowest BCUT2D eigenvalue weighted by Gasteiger charge is -2.37. The Morgan fingerprint density at radius 3 is 2.74 bits per heavy atom. The summed E-state index contributed by atoms with van der Waals surface area (Å²) in [4.78, 5) is 14.2. The number of piperazine rings is 1. The van der Waals surface area contributed by atoms with Gasteiger partial charge in [-0.2, -0.15) is 0 Å². The Morgan fingerprint density at radius 2 is 2.11 bits per heavy atom. The molecule has 0 radical (unpaired) electrons. The van der Waals surface area contributed by atoms with E-state index in [1.807, 2.05) is 25.1 Å². The average molecular weight is 262 g/mol. The van der Waals surface area contributed by atoms with E-state index >= 15 is 0 Å². The molecule has 1 aliphatic heterocycles. The molecule has 0 bridgehead atoms. The molecule has 104 valence electrons. The van der Waals surface area contributed by atoms with Crippen LogP contribution in [0.2, 0.25) is 0 Å². The zero-order valence-corrected chi connectivity index (χ0v) is 11.8. The Hall–Kier alpha value is -1.39. The van der Waals surface area contributed by atoms with Gasteiger partial charge < -0.3 is 10.0 Å². The molecule has 1 aromatic carbocycles. The van der Waals surface area contributed by atoms with E-state index in [0.717, 1.165) is 5.69 Å². The highest BCUT2D eigenvalue weighted by atomic mass is 16.3. The summed E-state index contributed by atoms with van der Waals surface area (Å²) in [6, 6.07) is 7.68. The first kappa shape index (κ1) is 14.0. The van der Waals surface area contributed by atoms with Crippen LogP contribution in [0.25, 0.3) is 0 Å². The van der Waals surface area contributed by atoms with E-state index in [-0.39, 0.29) is 18.6 Å². The van der Waals surface area contributed by atoms with Gasteiger partial charge in [0.15, 0.2) is 0 Å². The molecule has 0 saturated carbocycles. The monoisotopic (exact) mass is 262 g/mol. The summed E-state index contributed by atoms with van der Waals surface area (Å²) in [5.74, 6) is 0.315. The minimum Gasteiger partial charge on any atom is -0.394 e. The highest BCUT2D eigenvalue weighted by molar-refractivity contribution is 5.99. The Labute approximate surface area is 114 Å². The fraction of sp³-hybridized carbons (Fsp3) is 0.533. The van der Waals surface area contributed by atoms with Crippen molar-refractivity contribution in [3.05, 3.63) is 29.8 Å². The lowest BCUT2D eigenvalue weighted by Crippen LogP contribution is -2.60. The number of aliphatic hydroxyl groups excluding tert-OH is 1. The summed E-state index contributed by atoms with van der Waals surface area (Å²) in [6.45, 7) is 6.75. The van der Waals surface area contributed by atoms with Crippen molar-refractivity contribution in [1.29, 1.82) is 0 Å². The molecule has 1 fully saturated rings. The van der Waals surface area contributed by atoms with Gasteiger partial charge in [-0.3, -0.25) is 10.1 Å². The van der Waals surface area contributed by atoms with E-state index in [4.69, 9.17) is 0 Å². The van der Waals surface area contributed by atoms with Crippen molar-refractivity contribution in [2.45, 2.75) is 38.8 Å². The smallest absolute Gasteiger partial charge is 0.246 e. The molecule has 0 aromatic heterocycles. The molecule has 0 aliphatic carbocycles. The number of carbonyl (C=O) groups is 1. The molecule has 1 aliphatic rings. The van der Waals surface area contributed by atoms with E-state index in [0.29, 0.717) is 12.5 Å². The summed E-state index contributed by atoms with van der Waals surface area (Å²) in [5.41, 5.74) is 2.14. The quantitative estimate of drug-likeness (QED) is 0.868. The number of para-hydroxylation sites is 1. The van der Waals surface area contributed by atoms with Gasteiger partial charge in [0.2, 0.25) is 5.91 Å². The molecule has 1 aromatic rings. The van der Waals surface area contributed by atoms with Crippen LogP contribution in [0, 0.1) is 0 Å². The first-order chi connectivity index (χ1) is 9.04. The molecule has 4 nitrogen and oxygen atoms in total. The number of benzene rings is 1. The zero-order chi connectivity index (χ0) is 14.0. The summed E-state index contributed by atoms with van der Waals surface area (Å²) in [7, 11) is 0. The standard InChI is InChI=1S/C15H22N2O2/c1-10(2)12-6-4-5-7-14(12)17-8-11(3)16-13(9-18)15(17)19/h4-7,10-11,13,16,18H,8-9H2,1-3H3. The van der Waals surface area contributed by atoms with Crippen molar-refractivity contribution in [2.24, 2.45) is 0 Å². The zero-order valence-electron chi connectivity index (χ0n) is 11.8. The van der Waals surface area contributed by atoms with Crippen LogP contribution < -0.4 is 10.2 Å². The van der Waals surface area contributed by atoms with Crippen LogP contribution in [-0.4, -0.2) is 36.2 Å². The van der Waals surface area contributed by atoms with E-state index < -0.39 is 6.04 Å². The molecule has 2 rings (SSSR count). The number of aliphatic hydroxyl groups is 1. The number of rotatable bonds is 3. The van der Waals surface area contributed by atoms with Gasteiger partial charge in [-0.05, 0) is 24.5 Å². The average Bonchev–Trinajstić information content (AvgIpc) is 2.41. The van der Waals surface area contributed by atoms with Crippen LogP contribution in [0.5, 0.6) is 0 Å². The first-order valence-electron chi connectivity index (χ1n) is 6.81. The number of nitrogens with one attached hydrogen (secondary N) is 1. The van der Waals surface area contributed by atoms with Crippen LogP contribution in [-0.2, 0) is 4.79 Å². The molecular formula is C15H22N2O2. The predicted molar refractivity (Wildman–Crippen MR) is 76.4 cm³/mol. The van der Waals surface area contributed by atoms with E-state index in [9.17, 15) is 9.90 Å². The number of carbonyl (C=O) groups excluding carboxylic acids is 1. The Kier molecular flexibility index (Phi) is 4.22. The third-order valence-electron chi connectivity index (χ3n) is 3.54. The summed E-state index contributed by atoms with van der Waals surface area (Å²) in [5, 5.41) is 12.4. The maximum atomic E-state index is 12.4. The lowest BCUT2D eigenvalue weighted by atomic mass is 9.99. The van der Waals surface area contributed by atoms with Crippen LogP contribution in [0.3, 0.4) is 0 Å². The van der Waals surface area contributed by atoms with Crippen molar-refractivity contribution in [3.63, 3.8) is 0 Å². The normalized spacial score (nSPS) is 24.1. The summed E-state index contributed by atoms with van der Waals surface area (Å²) >= 11 is 0. The van der Waals surface area contributed by atoms with E-state index in [1.54, 1.807) is 4.90 Å². The van der Waals surface area contributed by atoms with Crippen molar-refractivity contribution < 1.29 is 9.90 Å². The van der Waals surface area contributed by atoms with Gasteiger partial charge in [-0.25, -0.2) is 0 Å². The third-order valence-corrected chi connectivity index (χ3v) is 3.54. The molecule has 1 saturated heterocycles. The second-order valence-corrected chi connectivity index (χ2v) is 5.47. The Morgan fingerprint density at radius 1 is 1.42 bits per heavy atom. The van der Waals surface area contributed by atoms with Crippen LogP contribution >= 0.6 is 0 Å². The molecule has 1 heterocycles. The molecule has 1 amide bonds. The lowest BCUT2D eigenvalue weighted by molar-refractivity contribution is -0.123. The molecular weight excluding hydrogens is 240 g/mol. The number of hydrogen-bond donors (Lipinski definition) is 2. The predicted octanol–water partition coefficient (Wildman–Crippen LogP) is 1.50. The largest absolute Gasteiger partial charge is 0.394 e. The molecule has 0 spiro atoms. The number of nitrogens with zero attached hydrogens (tertiary/aromatic N) is 1. The number of amides is 1. The fourth-order valence-electron chi connectivity index (χ4n) is 2.59. The van der Waals surface area contributed by atoms with Crippen molar-refractivity contribution in [2.75, 3.05) is 18.1 Å². The number of anilines is 1. The van der Waals surface area contributed by atoms with Gasteiger partial charge in [0.25, 0.3) is 0 Å². The molecule has 2 unspecified atom stereocenters. The highest BCUT2D eigenvalue weighted by Crippen LogP contribution is 2.29. The molecule has 4 heteroatoms. The molecule has 2 atom stereocenters. The van der Waals surface area contributed by atoms with Crippen LogP contribution in [0.1, 0.15) is 32.3 Å². The second-order valence-electron chi connectivity index (χ2n) is 5.47. The number of hydrogen-bond acceptors (Lipinski definition) is 3. The second kappa shape index (κ2) is 5.72. The van der Waals surface area contributed by atoms with Gasteiger partial charge in [-0.15, -0.1) is 0 Å². The van der Waals surface area contributed by atoms with Gasteiger partial charge in [0.05, 0.1) is 6.61 Å². The minimum atomic E-state index is -0.496. The van der Waals surface area contributed by atoms with Crippen molar-refractivity contribution in [1.82, 2.24) is 5.32 Å². The third kappa shape index (κ3) is 2.80. The van der Waals surface area contributed by atoms with Gasteiger partial charge in [-0.1, -0.05) is 32.0 Å². The van der Waals surface area contributed by atoms with Gasteiger partial charge in [0.1, 0.15) is 6.04 Å². The molecule has 2 N–H and O–H groups in total. The Balaban J connectivity index is 2.37. The highest BCUT2D eigenvalue weighted by Gasteiger charge is 2.33. The van der Waals surface area contributed by atoms with Crippen LogP contribution in [0.4, 0.5) is 5.69 Å².